The molecule has 0 heterocycles. The summed E-state index contributed by atoms with van der Waals surface area (Å²) in [5.74, 6) is 0.679. The van der Waals surface area contributed by atoms with Crippen LogP contribution in [0.2, 0.25) is 5.02 Å². The van der Waals surface area contributed by atoms with Gasteiger partial charge in [-0.15, -0.1) is 0 Å². The summed E-state index contributed by atoms with van der Waals surface area (Å²) in [6.07, 6.45) is -0.577. The van der Waals surface area contributed by atoms with Gasteiger partial charge in [0.05, 0.1) is 6.10 Å². The molecule has 1 N–H and O–H groups in total. The number of halogens is 2. The van der Waals surface area contributed by atoms with E-state index < -0.39 is 6.10 Å². The Hall–Kier alpha value is -1.03. The summed E-state index contributed by atoms with van der Waals surface area (Å²) in [5.41, 5.74) is 1.75. The third kappa shape index (κ3) is 3.96. The summed E-state index contributed by atoms with van der Waals surface area (Å²) in [6, 6.07) is 13.1. The number of hydrogen-bond acceptors (Lipinski definition) is 2. The first-order valence-corrected chi connectivity index (χ1v) is 7.08. The first-order valence-electron chi connectivity index (χ1n) is 5.91. The first kappa shape index (κ1) is 14.4. The van der Waals surface area contributed by atoms with Crippen LogP contribution in [0.25, 0.3) is 0 Å². The molecule has 0 saturated heterocycles. The first-order chi connectivity index (χ1) is 9.06. The SMILES string of the molecule is C[C@@H](O)c1cc(Br)ccc1OCc1cccc(Cl)c1. The zero-order valence-corrected chi connectivity index (χ0v) is 12.8. The van der Waals surface area contributed by atoms with Crippen molar-refractivity contribution < 1.29 is 9.84 Å². The third-order valence-corrected chi connectivity index (χ3v) is 3.43. The Morgan fingerprint density at radius 2 is 2.05 bits per heavy atom. The highest BCUT2D eigenvalue weighted by Gasteiger charge is 2.10. The second-order valence-corrected chi connectivity index (χ2v) is 5.63. The van der Waals surface area contributed by atoms with Crippen molar-refractivity contribution in [1.29, 1.82) is 0 Å². The van der Waals surface area contributed by atoms with Crippen molar-refractivity contribution in [3.05, 3.63) is 63.1 Å². The highest BCUT2D eigenvalue weighted by atomic mass is 79.9. The van der Waals surface area contributed by atoms with Crippen LogP contribution in [0.5, 0.6) is 5.75 Å². The van der Waals surface area contributed by atoms with Crippen molar-refractivity contribution in [2.45, 2.75) is 19.6 Å². The lowest BCUT2D eigenvalue weighted by Gasteiger charge is -2.14. The monoisotopic (exact) mass is 340 g/mol. The van der Waals surface area contributed by atoms with Crippen LogP contribution >= 0.6 is 27.5 Å². The highest BCUT2D eigenvalue weighted by molar-refractivity contribution is 9.10. The average Bonchev–Trinajstić information content (AvgIpc) is 2.37. The van der Waals surface area contributed by atoms with Crippen molar-refractivity contribution >= 4 is 27.5 Å². The predicted octanol–water partition coefficient (Wildman–Crippen LogP) is 4.73. The maximum atomic E-state index is 9.75. The van der Waals surface area contributed by atoms with E-state index in [0.29, 0.717) is 17.4 Å². The van der Waals surface area contributed by atoms with Gasteiger partial charge in [0.15, 0.2) is 0 Å². The smallest absolute Gasteiger partial charge is 0.125 e. The lowest BCUT2D eigenvalue weighted by atomic mass is 10.1. The Kier molecular flexibility index (Phi) is 4.86. The molecular formula is C15H14BrClO2. The number of hydrogen-bond donors (Lipinski definition) is 1. The van der Waals surface area contributed by atoms with Gasteiger partial charge in [-0.05, 0) is 42.8 Å². The topological polar surface area (TPSA) is 29.5 Å². The van der Waals surface area contributed by atoms with Crippen LogP contribution in [-0.4, -0.2) is 5.11 Å². The van der Waals surface area contributed by atoms with Gasteiger partial charge >= 0.3 is 0 Å². The molecule has 2 rings (SSSR count). The average molecular weight is 342 g/mol. The molecule has 0 aliphatic rings. The number of ether oxygens (including phenoxy) is 1. The van der Waals surface area contributed by atoms with Crippen molar-refractivity contribution in [3.63, 3.8) is 0 Å². The third-order valence-electron chi connectivity index (χ3n) is 2.71. The highest BCUT2D eigenvalue weighted by Crippen LogP contribution is 2.29. The van der Waals surface area contributed by atoms with Crippen LogP contribution in [0.1, 0.15) is 24.2 Å². The molecule has 100 valence electrons. The van der Waals surface area contributed by atoms with Crippen LogP contribution in [0.15, 0.2) is 46.9 Å². The van der Waals surface area contributed by atoms with Crippen LogP contribution in [0, 0.1) is 0 Å². The second kappa shape index (κ2) is 6.42. The zero-order valence-electron chi connectivity index (χ0n) is 10.4. The van der Waals surface area contributed by atoms with Gasteiger partial charge in [0.1, 0.15) is 12.4 Å². The van der Waals surface area contributed by atoms with Crippen LogP contribution in [0.4, 0.5) is 0 Å². The quantitative estimate of drug-likeness (QED) is 0.870. The molecule has 1 atom stereocenters. The van der Waals surface area contributed by atoms with Gasteiger partial charge < -0.3 is 9.84 Å². The van der Waals surface area contributed by atoms with Gasteiger partial charge in [-0.25, -0.2) is 0 Å². The second-order valence-electron chi connectivity index (χ2n) is 4.28. The molecule has 0 spiro atoms. The minimum atomic E-state index is -0.577. The Labute approximate surface area is 126 Å². The molecule has 0 aromatic heterocycles. The molecule has 0 bridgehead atoms. The molecule has 0 aliphatic heterocycles. The van der Waals surface area contributed by atoms with Crippen molar-refractivity contribution in [3.8, 4) is 5.75 Å². The van der Waals surface area contributed by atoms with Crippen molar-refractivity contribution in [2.75, 3.05) is 0 Å². The van der Waals surface area contributed by atoms with Crippen LogP contribution < -0.4 is 4.74 Å². The lowest BCUT2D eigenvalue weighted by molar-refractivity contribution is 0.190. The summed E-state index contributed by atoms with van der Waals surface area (Å²) < 4.78 is 6.67. The summed E-state index contributed by atoms with van der Waals surface area (Å²) in [5, 5.41) is 10.4. The van der Waals surface area contributed by atoms with Gasteiger partial charge in [0, 0.05) is 15.1 Å². The largest absolute Gasteiger partial charge is 0.489 e. The summed E-state index contributed by atoms with van der Waals surface area (Å²) in [4.78, 5) is 0. The maximum absolute atomic E-state index is 9.75. The number of aliphatic hydroxyl groups is 1. The lowest BCUT2D eigenvalue weighted by Crippen LogP contribution is -2.01. The summed E-state index contributed by atoms with van der Waals surface area (Å²) >= 11 is 9.31. The van der Waals surface area contributed by atoms with E-state index in [9.17, 15) is 5.11 Å². The fourth-order valence-corrected chi connectivity index (χ4v) is 2.36. The molecule has 19 heavy (non-hydrogen) atoms. The van der Waals surface area contributed by atoms with Gasteiger partial charge in [0.2, 0.25) is 0 Å². The minimum Gasteiger partial charge on any atom is -0.489 e. The molecule has 0 fully saturated rings. The summed E-state index contributed by atoms with van der Waals surface area (Å²) in [7, 11) is 0. The van der Waals surface area contributed by atoms with Crippen molar-refractivity contribution in [1.82, 2.24) is 0 Å². The van der Waals surface area contributed by atoms with E-state index in [0.717, 1.165) is 15.6 Å². The van der Waals surface area contributed by atoms with E-state index in [-0.39, 0.29) is 0 Å². The summed E-state index contributed by atoms with van der Waals surface area (Å²) in [6.45, 7) is 2.13. The molecule has 0 amide bonds. The Morgan fingerprint density at radius 1 is 1.26 bits per heavy atom. The van der Waals surface area contributed by atoms with Crippen molar-refractivity contribution in [2.24, 2.45) is 0 Å². The molecule has 0 aliphatic carbocycles. The number of benzene rings is 2. The fraction of sp³-hybridized carbons (Fsp3) is 0.200. The molecular weight excluding hydrogens is 328 g/mol. The fourth-order valence-electron chi connectivity index (χ4n) is 1.77. The molecule has 0 radical (unpaired) electrons. The van der Waals surface area contributed by atoms with E-state index >= 15 is 0 Å². The van der Waals surface area contributed by atoms with E-state index in [1.165, 1.54) is 0 Å². The van der Waals surface area contributed by atoms with E-state index in [2.05, 4.69) is 15.9 Å². The molecule has 2 nitrogen and oxygen atoms in total. The molecule has 0 unspecified atom stereocenters. The van der Waals surface area contributed by atoms with E-state index in [1.807, 2.05) is 42.5 Å². The van der Waals surface area contributed by atoms with Crippen LogP contribution in [0.3, 0.4) is 0 Å². The van der Waals surface area contributed by atoms with Gasteiger partial charge in [-0.2, -0.15) is 0 Å². The molecule has 2 aromatic carbocycles. The number of aliphatic hydroxyl groups excluding tert-OH is 1. The molecule has 2 aromatic rings. The molecule has 0 saturated carbocycles. The van der Waals surface area contributed by atoms with Gasteiger partial charge in [-0.1, -0.05) is 39.7 Å². The Morgan fingerprint density at radius 3 is 2.74 bits per heavy atom. The van der Waals surface area contributed by atoms with E-state index in [4.69, 9.17) is 16.3 Å². The predicted molar refractivity (Wildman–Crippen MR) is 80.6 cm³/mol. The molecule has 4 heteroatoms. The number of rotatable bonds is 4. The normalized spacial score (nSPS) is 12.2. The Bertz CT molecular complexity index is 570. The standard InChI is InChI=1S/C15H14BrClO2/c1-10(18)14-8-12(16)5-6-15(14)19-9-11-3-2-4-13(17)7-11/h2-8,10,18H,9H2,1H3/t10-/m1/s1. The zero-order chi connectivity index (χ0) is 13.8. The Balaban J connectivity index is 2.15. The van der Waals surface area contributed by atoms with Gasteiger partial charge in [0.25, 0.3) is 0 Å². The van der Waals surface area contributed by atoms with E-state index in [1.54, 1.807) is 6.92 Å². The van der Waals surface area contributed by atoms with Crippen LogP contribution in [-0.2, 0) is 6.61 Å². The van der Waals surface area contributed by atoms with Gasteiger partial charge in [-0.3, -0.25) is 0 Å². The minimum absolute atomic E-state index is 0.419. The maximum Gasteiger partial charge on any atom is 0.125 e.